The Balaban J connectivity index is 1.40. The van der Waals surface area contributed by atoms with Crippen LogP contribution in [0.5, 0.6) is 0 Å². The Morgan fingerprint density at radius 1 is 0.842 bits per heavy atom. The maximum atomic E-state index is 13.9. The first-order chi connectivity index (χ1) is 17.9. The lowest BCUT2D eigenvalue weighted by molar-refractivity contribution is -0.146. The third-order valence-corrected chi connectivity index (χ3v) is 9.13. The van der Waals surface area contributed by atoms with Crippen molar-refractivity contribution in [3.05, 3.63) is 101 Å². The predicted molar refractivity (Wildman–Crippen MR) is 135 cm³/mol. The standard InChI is InChI=1S/C28H19Cl2F3N2O3/c1-14(23(36)34-16-8-6-7-15(13-16)28(31,32)33)35-24(37)21-22(25(35)38)27(30)18-10-3-2-9-17(18)26(21,29)19-11-4-5-12-20(19)27/h2-14,21-22H,1H3,(H,34,36)/t14-,21+,22+,26?,27?/m1/s1. The number of carbonyl (C=O) groups is 3. The molecule has 194 valence electrons. The Kier molecular flexibility index (Phi) is 5.30. The molecule has 1 N–H and O–H groups in total. The minimum absolute atomic E-state index is 0.115. The van der Waals surface area contributed by atoms with Crippen molar-refractivity contribution in [1.29, 1.82) is 0 Å². The Labute approximate surface area is 225 Å². The molecule has 1 heterocycles. The lowest BCUT2D eigenvalue weighted by atomic mass is 9.54. The summed E-state index contributed by atoms with van der Waals surface area (Å²) in [6.07, 6.45) is -4.60. The quantitative estimate of drug-likeness (QED) is 0.335. The van der Waals surface area contributed by atoms with Gasteiger partial charge < -0.3 is 5.32 Å². The van der Waals surface area contributed by atoms with E-state index in [1.807, 2.05) is 0 Å². The summed E-state index contributed by atoms with van der Waals surface area (Å²) in [7, 11) is 0. The number of rotatable bonds is 3. The summed E-state index contributed by atoms with van der Waals surface area (Å²) in [5.41, 5.74) is 1.45. The molecule has 2 bridgehead atoms. The highest BCUT2D eigenvalue weighted by molar-refractivity contribution is 6.36. The van der Waals surface area contributed by atoms with E-state index in [-0.39, 0.29) is 5.69 Å². The molecule has 10 heteroatoms. The molecule has 0 radical (unpaired) electrons. The summed E-state index contributed by atoms with van der Waals surface area (Å²) in [6.45, 7) is 1.35. The van der Waals surface area contributed by atoms with Crippen LogP contribution < -0.4 is 5.32 Å². The van der Waals surface area contributed by atoms with E-state index < -0.39 is 57.1 Å². The van der Waals surface area contributed by atoms with Gasteiger partial charge in [0.2, 0.25) is 17.7 Å². The molecule has 0 unspecified atom stereocenters. The minimum Gasteiger partial charge on any atom is -0.324 e. The number of nitrogens with one attached hydrogen (secondary N) is 1. The number of halogens is 5. The summed E-state index contributed by atoms with van der Waals surface area (Å²) in [5.74, 6) is -4.30. The molecule has 5 nitrogen and oxygen atoms in total. The largest absolute Gasteiger partial charge is 0.416 e. The molecule has 38 heavy (non-hydrogen) atoms. The van der Waals surface area contributed by atoms with Gasteiger partial charge in [-0.3, -0.25) is 19.3 Å². The fourth-order valence-electron chi connectivity index (χ4n) is 6.21. The van der Waals surface area contributed by atoms with Crippen molar-refractivity contribution in [1.82, 2.24) is 4.90 Å². The van der Waals surface area contributed by atoms with Crippen molar-refractivity contribution in [2.75, 3.05) is 5.32 Å². The van der Waals surface area contributed by atoms with E-state index in [4.69, 9.17) is 23.2 Å². The number of alkyl halides is 5. The molecule has 0 aromatic heterocycles. The van der Waals surface area contributed by atoms with E-state index in [9.17, 15) is 27.6 Å². The second-order valence-electron chi connectivity index (χ2n) is 9.76. The van der Waals surface area contributed by atoms with Gasteiger partial charge in [0.05, 0.1) is 17.4 Å². The predicted octanol–water partition coefficient (Wildman–Crippen LogP) is 5.63. The molecular formula is C28H19Cl2F3N2O3. The molecule has 4 aliphatic rings. The maximum absolute atomic E-state index is 13.9. The molecule has 0 saturated carbocycles. The van der Waals surface area contributed by atoms with E-state index in [0.29, 0.717) is 22.3 Å². The number of amides is 3. The minimum atomic E-state index is -4.60. The third-order valence-electron chi connectivity index (χ3n) is 7.84. The van der Waals surface area contributed by atoms with Crippen molar-refractivity contribution in [3.63, 3.8) is 0 Å². The molecular weight excluding hydrogens is 540 g/mol. The fourth-order valence-corrected chi connectivity index (χ4v) is 7.31. The maximum Gasteiger partial charge on any atom is 0.416 e. The molecule has 3 aliphatic carbocycles. The Morgan fingerprint density at radius 2 is 1.29 bits per heavy atom. The summed E-state index contributed by atoms with van der Waals surface area (Å²) in [6, 6.07) is 17.1. The monoisotopic (exact) mass is 558 g/mol. The smallest absolute Gasteiger partial charge is 0.324 e. The molecule has 3 amide bonds. The highest BCUT2D eigenvalue weighted by Gasteiger charge is 2.73. The zero-order chi connectivity index (χ0) is 27.2. The topological polar surface area (TPSA) is 66.5 Å². The van der Waals surface area contributed by atoms with Crippen molar-refractivity contribution in [2.45, 2.75) is 28.9 Å². The third kappa shape index (κ3) is 3.10. The van der Waals surface area contributed by atoms with Crippen LogP contribution in [0.4, 0.5) is 18.9 Å². The zero-order valence-corrected chi connectivity index (χ0v) is 21.2. The lowest BCUT2D eigenvalue weighted by Crippen LogP contribution is -2.57. The van der Waals surface area contributed by atoms with Crippen molar-refractivity contribution in [3.8, 4) is 0 Å². The van der Waals surface area contributed by atoms with E-state index in [1.165, 1.54) is 13.0 Å². The van der Waals surface area contributed by atoms with Gasteiger partial charge in [0.25, 0.3) is 0 Å². The van der Waals surface area contributed by atoms with Crippen molar-refractivity contribution in [2.24, 2.45) is 11.8 Å². The zero-order valence-electron chi connectivity index (χ0n) is 19.7. The molecule has 3 aromatic rings. The number of imide groups is 1. The highest BCUT2D eigenvalue weighted by atomic mass is 35.5. The van der Waals surface area contributed by atoms with Crippen molar-refractivity contribution >= 4 is 46.6 Å². The summed E-state index contributed by atoms with van der Waals surface area (Å²) >= 11 is 14.7. The molecule has 1 fully saturated rings. The second kappa shape index (κ2) is 8.07. The van der Waals surface area contributed by atoms with E-state index in [0.717, 1.165) is 23.1 Å². The average molecular weight is 559 g/mol. The average Bonchev–Trinajstić information content (AvgIpc) is 3.17. The Morgan fingerprint density at radius 3 is 1.71 bits per heavy atom. The van der Waals surface area contributed by atoms with Gasteiger partial charge in [-0.15, -0.1) is 23.2 Å². The molecule has 1 aliphatic heterocycles. The SMILES string of the molecule is C[C@H](C(=O)Nc1cccc(C(F)(F)F)c1)N1C(=O)[C@@H]2[C@@H](C1=O)C1(Cl)c3ccccc3C2(Cl)c2ccccc21. The molecule has 3 aromatic carbocycles. The van der Waals surface area contributed by atoms with Gasteiger partial charge in [-0.05, 0) is 47.4 Å². The van der Waals surface area contributed by atoms with E-state index >= 15 is 0 Å². The molecule has 3 atom stereocenters. The van der Waals surface area contributed by atoms with Crippen LogP contribution in [0.15, 0.2) is 72.8 Å². The van der Waals surface area contributed by atoms with Crippen LogP contribution >= 0.6 is 23.2 Å². The summed E-state index contributed by atoms with van der Waals surface area (Å²) in [5, 5.41) is 2.39. The number of likely N-dealkylation sites (tertiary alicyclic amines) is 1. The first kappa shape index (κ1) is 24.9. The number of hydrogen-bond acceptors (Lipinski definition) is 3. The first-order valence-corrected chi connectivity index (χ1v) is 12.6. The first-order valence-electron chi connectivity index (χ1n) is 11.8. The van der Waals surface area contributed by atoms with Gasteiger partial charge in [-0.2, -0.15) is 13.2 Å². The Bertz CT molecular complexity index is 1420. The normalized spacial score (nSPS) is 28.0. The van der Waals surface area contributed by atoms with Crippen LogP contribution in [0.25, 0.3) is 0 Å². The van der Waals surface area contributed by atoms with Crippen LogP contribution in [0.2, 0.25) is 0 Å². The number of benzene rings is 3. The second-order valence-corrected chi connectivity index (χ2v) is 11.0. The van der Waals surface area contributed by atoms with E-state index in [1.54, 1.807) is 48.5 Å². The van der Waals surface area contributed by atoms with Crippen LogP contribution in [0.3, 0.4) is 0 Å². The van der Waals surface area contributed by atoms with E-state index in [2.05, 4.69) is 5.32 Å². The van der Waals surface area contributed by atoms with Crippen LogP contribution in [0, 0.1) is 11.8 Å². The van der Waals surface area contributed by atoms with Crippen molar-refractivity contribution < 1.29 is 27.6 Å². The summed E-state index contributed by atoms with van der Waals surface area (Å²) < 4.78 is 39.4. The van der Waals surface area contributed by atoms with Gasteiger partial charge in [0.1, 0.15) is 15.8 Å². The molecule has 7 rings (SSSR count). The fraction of sp³-hybridized carbons (Fsp3) is 0.250. The summed E-state index contributed by atoms with van der Waals surface area (Å²) in [4.78, 5) is 39.0. The van der Waals surface area contributed by atoms with Crippen LogP contribution in [-0.4, -0.2) is 28.7 Å². The Hall–Kier alpha value is -3.36. The number of hydrogen-bond donors (Lipinski definition) is 1. The van der Waals surface area contributed by atoms with Crippen LogP contribution in [0.1, 0.15) is 34.7 Å². The number of carbonyl (C=O) groups excluding carboxylic acids is 3. The van der Waals surface area contributed by atoms with Gasteiger partial charge in [0, 0.05) is 5.69 Å². The molecule has 1 saturated heterocycles. The van der Waals surface area contributed by atoms with Gasteiger partial charge in [-0.1, -0.05) is 54.6 Å². The van der Waals surface area contributed by atoms with Gasteiger partial charge >= 0.3 is 6.18 Å². The lowest BCUT2D eigenvalue weighted by Gasteiger charge is -2.54. The number of anilines is 1. The van der Waals surface area contributed by atoms with Gasteiger partial charge in [-0.25, -0.2) is 0 Å². The number of nitrogens with zero attached hydrogens (tertiary/aromatic N) is 1. The van der Waals surface area contributed by atoms with Crippen LogP contribution in [-0.2, 0) is 30.3 Å². The molecule has 0 spiro atoms. The van der Waals surface area contributed by atoms with Gasteiger partial charge in [0.15, 0.2) is 0 Å². The highest BCUT2D eigenvalue weighted by Crippen LogP contribution is 2.69.